The summed E-state index contributed by atoms with van der Waals surface area (Å²) in [5, 5.41) is 13.6. The van der Waals surface area contributed by atoms with Gasteiger partial charge in [0, 0.05) is 11.8 Å². The second-order valence-corrected chi connectivity index (χ2v) is 5.58. The van der Waals surface area contributed by atoms with Crippen LogP contribution in [0.5, 0.6) is 0 Å². The van der Waals surface area contributed by atoms with Crippen molar-refractivity contribution < 1.29 is 9.90 Å². The normalized spacial score (nSPS) is 12.6. The molecule has 1 atom stereocenters. The number of hydrogen-bond acceptors (Lipinski definition) is 2. The minimum atomic E-state index is -1.23. The van der Waals surface area contributed by atoms with Crippen LogP contribution in [0.1, 0.15) is 16.6 Å². The van der Waals surface area contributed by atoms with Gasteiger partial charge in [-0.15, -0.1) is 0 Å². The van der Waals surface area contributed by atoms with Crippen LogP contribution in [0.2, 0.25) is 0 Å². The zero-order valence-electron chi connectivity index (χ0n) is 12.4. The molecular weight excluding hydrogens is 286 g/mol. The number of aliphatic hydroxyl groups excluding tert-OH is 1. The van der Waals surface area contributed by atoms with Gasteiger partial charge in [0.25, 0.3) is 0 Å². The van der Waals surface area contributed by atoms with Crippen molar-refractivity contribution in [2.45, 2.75) is 6.23 Å². The summed E-state index contributed by atoms with van der Waals surface area (Å²) in [6, 6.07) is 22.9. The first-order chi connectivity index (χ1) is 11.2. The van der Waals surface area contributed by atoms with E-state index < -0.39 is 6.23 Å². The fraction of sp³-hybridized carbons (Fsp3) is 0.0500. The largest absolute Gasteiger partial charge is 0.366 e. The number of para-hydroxylation sites is 1. The maximum Gasteiger partial charge on any atom is 0.212 e. The van der Waals surface area contributed by atoms with Crippen molar-refractivity contribution >= 4 is 27.5 Å². The van der Waals surface area contributed by atoms with E-state index in [2.05, 4.69) is 0 Å². The molecule has 0 spiro atoms. The molecule has 0 aliphatic rings. The fourth-order valence-electron chi connectivity index (χ4n) is 2.94. The zero-order valence-corrected chi connectivity index (χ0v) is 12.4. The molecule has 3 heteroatoms. The average Bonchev–Trinajstić information content (AvgIpc) is 3.04. The van der Waals surface area contributed by atoms with Crippen molar-refractivity contribution in [2.75, 3.05) is 0 Å². The van der Waals surface area contributed by atoms with E-state index >= 15 is 0 Å². The minimum absolute atomic E-state index is 0.308. The molecule has 1 unspecified atom stereocenters. The summed E-state index contributed by atoms with van der Waals surface area (Å²) in [6.45, 7) is 0. The number of nitrogens with zero attached hydrogens (tertiary/aromatic N) is 1. The van der Waals surface area contributed by atoms with Crippen LogP contribution in [0.3, 0.4) is 0 Å². The Kier molecular flexibility index (Phi) is 3.21. The highest BCUT2D eigenvalue weighted by atomic mass is 16.3. The van der Waals surface area contributed by atoms with Crippen molar-refractivity contribution in [1.82, 2.24) is 4.57 Å². The van der Waals surface area contributed by atoms with E-state index in [-0.39, 0.29) is 5.78 Å². The number of benzene rings is 3. The van der Waals surface area contributed by atoms with E-state index in [0.29, 0.717) is 5.56 Å². The first-order valence-corrected chi connectivity index (χ1v) is 7.51. The second kappa shape index (κ2) is 5.38. The molecule has 4 rings (SSSR count). The number of aliphatic hydroxyl groups is 1. The fourth-order valence-corrected chi connectivity index (χ4v) is 2.94. The Morgan fingerprint density at radius 3 is 2.35 bits per heavy atom. The summed E-state index contributed by atoms with van der Waals surface area (Å²) >= 11 is 0. The highest BCUT2D eigenvalue weighted by Crippen LogP contribution is 2.23. The van der Waals surface area contributed by atoms with Gasteiger partial charge in [0.2, 0.25) is 5.78 Å². The SMILES string of the molecule is O=C(c1ccc2ccccc2c1)C(O)n1ccc2ccccc21. The van der Waals surface area contributed by atoms with Crippen molar-refractivity contribution in [3.8, 4) is 0 Å². The van der Waals surface area contributed by atoms with Gasteiger partial charge in [-0.25, -0.2) is 0 Å². The van der Waals surface area contributed by atoms with Crippen LogP contribution in [-0.4, -0.2) is 15.5 Å². The summed E-state index contributed by atoms with van der Waals surface area (Å²) in [4.78, 5) is 12.7. The lowest BCUT2D eigenvalue weighted by atomic mass is 10.0. The van der Waals surface area contributed by atoms with Crippen molar-refractivity contribution in [1.29, 1.82) is 0 Å². The maximum atomic E-state index is 12.7. The van der Waals surface area contributed by atoms with E-state index in [1.165, 1.54) is 0 Å². The van der Waals surface area contributed by atoms with Crippen LogP contribution >= 0.6 is 0 Å². The van der Waals surface area contributed by atoms with Crippen LogP contribution in [0.4, 0.5) is 0 Å². The third-order valence-corrected chi connectivity index (χ3v) is 4.16. The number of rotatable bonds is 3. The Bertz CT molecular complexity index is 1020. The Hall–Kier alpha value is -2.91. The van der Waals surface area contributed by atoms with Gasteiger partial charge < -0.3 is 9.67 Å². The molecule has 0 saturated heterocycles. The summed E-state index contributed by atoms with van der Waals surface area (Å²) in [5.74, 6) is -0.308. The van der Waals surface area contributed by atoms with Crippen LogP contribution < -0.4 is 0 Å². The predicted molar refractivity (Wildman–Crippen MR) is 91.5 cm³/mol. The number of hydrogen-bond donors (Lipinski definition) is 1. The Labute approximate surface area is 133 Å². The van der Waals surface area contributed by atoms with E-state index in [4.69, 9.17) is 0 Å². The molecule has 0 fully saturated rings. The van der Waals surface area contributed by atoms with Crippen molar-refractivity contribution in [2.24, 2.45) is 0 Å². The van der Waals surface area contributed by atoms with Crippen LogP contribution in [0.15, 0.2) is 79.0 Å². The zero-order chi connectivity index (χ0) is 15.8. The summed E-state index contributed by atoms with van der Waals surface area (Å²) in [6.07, 6.45) is 0.518. The van der Waals surface area contributed by atoms with Gasteiger partial charge in [-0.3, -0.25) is 4.79 Å². The van der Waals surface area contributed by atoms with Gasteiger partial charge >= 0.3 is 0 Å². The number of ketones is 1. The first-order valence-electron chi connectivity index (χ1n) is 7.51. The Morgan fingerprint density at radius 1 is 0.826 bits per heavy atom. The van der Waals surface area contributed by atoms with Gasteiger partial charge in [0.1, 0.15) is 0 Å². The lowest BCUT2D eigenvalue weighted by Crippen LogP contribution is -2.18. The summed E-state index contributed by atoms with van der Waals surface area (Å²) < 4.78 is 1.60. The molecule has 3 aromatic carbocycles. The molecule has 4 aromatic rings. The first kappa shape index (κ1) is 13.7. The van der Waals surface area contributed by atoms with Gasteiger partial charge in [-0.05, 0) is 34.4 Å². The smallest absolute Gasteiger partial charge is 0.212 e. The number of aromatic nitrogens is 1. The third kappa shape index (κ3) is 2.31. The Balaban J connectivity index is 1.74. The van der Waals surface area contributed by atoms with Crippen LogP contribution in [0.25, 0.3) is 21.7 Å². The molecule has 0 amide bonds. The molecule has 0 radical (unpaired) electrons. The molecule has 3 nitrogen and oxygen atoms in total. The van der Waals surface area contributed by atoms with Crippen LogP contribution in [-0.2, 0) is 0 Å². The van der Waals surface area contributed by atoms with E-state index in [0.717, 1.165) is 21.7 Å². The number of carbonyl (C=O) groups excluding carboxylic acids is 1. The monoisotopic (exact) mass is 301 g/mol. The molecular formula is C20H15NO2. The second-order valence-electron chi connectivity index (χ2n) is 5.58. The quantitative estimate of drug-likeness (QED) is 0.577. The minimum Gasteiger partial charge on any atom is -0.366 e. The van der Waals surface area contributed by atoms with E-state index in [9.17, 15) is 9.90 Å². The molecule has 1 aromatic heterocycles. The third-order valence-electron chi connectivity index (χ3n) is 4.16. The number of fused-ring (bicyclic) bond motifs is 2. The van der Waals surface area contributed by atoms with Crippen molar-refractivity contribution in [3.05, 3.63) is 84.6 Å². The van der Waals surface area contributed by atoms with Crippen molar-refractivity contribution in [3.63, 3.8) is 0 Å². The maximum absolute atomic E-state index is 12.7. The standard InChI is InChI=1S/C20H15NO2/c22-19(17-10-9-14-5-1-2-7-16(14)13-17)20(23)21-12-11-15-6-3-4-8-18(15)21/h1-13,20,23H. The Morgan fingerprint density at radius 2 is 1.52 bits per heavy atom. The average molecular weight is 301 g/mol. The highest BCUT2D eigenvalue weighted by Gasteiger charge is 2.20. The van der Waals surface area contributed by atoms with Crippen LogP contribution in [0, 0.1) is 0 Å². The lowest BCUT2D eigenvalue weighted by molar-refractivity contribution is 0.0589. The molecule has 1 N–H and O–H groups in total. The highest BCUT2D eigenvalue weighted by molar-refractivity contribution is 6.02. The number of carbonyl (C=O) groups is 1. The van der Waals surface area contributed by atoms with E-state index in [1.807, 2.05) is 66.7 Å². The molecule has 1 heterocycles. The molecule has 0 aliphatic carbocycles. The molecule has 0 bridgehead atoms. The lowest BCUT2D eigenvalue weighted by Gasteiger charge is -2.13. The molecule has 0 saturated carbocycles. The van der Waals surface area contributed by atoms with Gasteiger partial charge in [-0.1, -0.05) is 54.6 Å². The number of Topliss-reactive ketones (excluding diaryl/α,β-unsaturated/α-hetero) is 1. The van der Waals surface area contributed by atoms with E-state index in [1.54, 1.807) is 16.8 Å². The molecule has 23 heavy (non-hydrogen) atoms. The topological polar surface area (TPSA) is 42.2 Å². The predicted octanol–water partition coefficient (Wildman–Crippen LogP) is 4.17. The summed E-state index contributed by atoms with van der Waals surface area (Å²) in [5.41, 5.74) is 1.35. The molecule has 0 aliphatic heterocycles. The molecule has 112 valence electrons. The summed E-state index contributed by atoms with van der Waals surface area (Å²) in [7, 11) is 0. The van der Waals surface area contributed by atoms with Gasteiger partial charge in [0.15, 0.2) is 6.23 Å². The van der Waals surface area contributed by atoms with Gasteiger partial charge in [0.05, 0.1) is 5.52 Å². The van der Waals surface area contributed by atoms with Gasteiger partial charge in [-0.2, -0.15) is 0 Å².